The van der Waals surface area contributed by atoms with E-state index in [4.69, 9.17) is 4.74 Å². The van der Waals surface area contributed by atoms with E-state index >= 15 is 0 Å². The molecule has 0 saturated heterocycles. The summed E-state index contributed by atoms with van der Waals surface area (Å²) in [6.07, 6.45) is 0.827. The Labute approximate surface area is 163 Å². The number of para-hydroxylation sites is 3. The fourth-order valence-electron chi connectivity index (χ4n) is 3.09. The second-order valence-corrected chi connectivity index (χ2v) is 6.65. The molecule has 1 heterocycles. The Morgan fingerprint density at radius 1 is 0.929 bits per heavy atom. The number of H-pyrrole nitrogens is 1. The van der Waals surface area contributed by atoms with E-state index in [-0.39, 0.29) is 5.82 Å². The van der Waals surface area contributed by atoms with E-state index in [1.54, 1.807) is 12.1 Å². The quantitative estimate of drug-likeness (QED) is 0.442. The van der Waals surface area contributed by atoms with Crippen molar-refractivity contribution in [3.63, 3.8) is 0 Å². The second-order valence-electron chi connectivity index (χ2n) is 6.65. The van der Waals surface area contributed by atoms with Gasteiger partial charge in [0.1, 0.15) is 24.0 Å². The van der Waals surface area contributed by atoms with Gasteiger partial charge in [-0.25, -0.2) is 9.37 Å². The molecule has 0 bridgehead atoms. The monoisotopic (exact) mass is 375 g/mol. The van der Waals surface area contributed by atoms with Gasteiger partial charge in [0.05, 0.1) is 11.0 Å². The molecular formula is C23H22FN3O. The lowest BCUT2D eigenvalue weighted by Gasteiger charge is -2.12. The third-order valence-corrected chi connectivity index (χ3v) is 4.57. The number of nitrogens with one attached hydrogen (secondary N) is 2. The van der Waals surface area contributed by atoms with Crippen LogP contribution in [0.4, 0.5) is 4.39 Å². The molecule has 0 amide bonds. The first kappa shape index (κ1) is 18.2. The van der Waals surface area contributed by atoms with Gasteiger partial charge in [-0.05, 0) is 35.9 Å². The number of fused-ring (bicyclic) bond motifs is 1. The molecule has 1 aromatic heterocycles. The van der Waals surface area contributed by atoms with Crippen LogP contribution >= 0.6 is 0 Å². The highest BCUT2D eigenvalue weighted by atomic mass is 19.1. The number of imidazole rings is 1. The fraction of sp³-hybridized carbons (Fsp3) is 0.174. The molecule has 0 atom stereocenters. The first-order chi connectivity index (χ1) is 13.8. The van der Waals surface area contributed by atoms with Gasteiger partial charge in [-0.15, -0.1) is 0 Å². The van der Waals surface area contributed by atoms with Gasteiger partial charge in [0.25, 0.3) is 0 Å². The molecule has 0 aliphatic carbocycles. The zero-order valence-corrected chi connectivity index (χ0v) is 15.5. The number of nitrogens with zero attached hydrogens (tertiary/aromatic N) is 1. The van der Waals surface area contributed by atoms with Crippen molar-refractivity contribution < 1.29 is 9.13 Å². The van der Waals surface area contributed by atoms with Gasteiger partial charge < -0.3 is 15.0 Å². The van der Waals surface area contributed by atoms with E-state index in [0.29, 0.717) is 13.2 Å². The lowest BCUT2D eigenvalue weighted by molar-refractivity contribution is 0.302. The van der Waals surface area contributed by atoms with Crippen molar-refractivity contribution in [3.05, 3.63) is 95.6 Å². The van der Waals surface area contributed by atoms with Crippen LogP contribution in [0.3, 0.4) is 0 Å². The second kappa shape index (κ2) is 8.67. The van der Waals surface area contributed by atoms with Gasteiger partial charge in [0.15, 0.2) is 0 Å². The van der Waals surface area contributed by atoms with Gasteiger partial charge in [-0.2, -0.15) is 0 Å². The molecule has 142 valence electrons. The van der Waals surface area contributed by atoms with E-state index in [1.165, 1.54) is 12.1 Å². The van der Waals surface area contributed by atoms with Crippen LogP contribution in [0.2, 0.25) is 0 Å². The summed E-state index contributed by atoms with van der Waals surface area (Å²) < 4.78 is 19.0. The van der Waals surface area contributed by atoms with Gasteiger partial charge in [0.2, 0.25) is 0 Å². The van der Waals surface area contributed by atoms with Crippen molar-refractivity contribution in [1.29, 1.82) is 0 Å². The molecule has 0 aliphatic heterocycles. The molecule has 4 aromatic rings. The molecule has 0 radical (unpaired) electrons. The third kappa shape index (κ3) is 4.56. The average Bonchev–Trinajstić information content (AvgIpc) is 3.14. The van der Waals surface area contributed by atoms with Crippen LogP contribution in [0.5, 0.6) is 5.75 Å². The Morgan fingerprint density at radius 3 is 2.57 bits per heavy atom. The molecule has 0 aliphatic rings. The predicted octanol–water partition coefficient (Wildman–Crippen LogP) is 4.61. The summed E-state index contributed by atoms with van der Waals surface area (Å²) in [6.45, 7) is 1.93. The summed E-state index contributed by atoms with van der Waals surface area (Å²) in [5.74, 6) is 1.58. The number of hydrogen-bond acceptors (Lipinski definition) is 3. The molecule has 0 saturated carbocycles. The molecule has 2 N–H and O–H groups in total. The lowest BCUT2D eigenvalue weighted by atomic mass is 10.2. The summed E-state index contributed by atoms with van der Waals surface area (Å²) in [4.78, 5) is 7.94. The Hall–Kier alpha value is -3.18. The summed E-state index contributed by atoms with van der Waals surface area (Å²) in [5.41, 5.74) is 4.09. The van der Waals surface area contributed by atoms with Crippen LogP contribution in [0, 0.1) is 5.82 Å². The summed E-state index contributed by atoms with van der Waals surface area (Å²) >= 11 is 0. The minimum atomic E-state index is -0.238. The summed E-state index contributed by atoms with van der Waals surface area (Å²) in [5, 5.41) is 3.45. The van der Waals surface area contributed by atoms with Crippen molar-refractivity contribution in [1.82, 2.24) is 15.3 Å². The normalized spacial score (nSPS) is 11.0. The van der Waals surface area contributed by atoms with E-state index in [0.717, 1.165) is 46.7 Å². The number of aromatic amines is 1. The molecule has 28 heavy (non-hydrogen) atoms. The first-order valence-corrected chi connectivity index (χ1v) is 9.37. The van der Waals surface area contributed by atoms with E-state index in [9.17, 15) is 4.39 Å². The Balaban J connectivity index is 1.30. The summed E-state index contributed by atoms with van der Waals surface area (Å²) in [7, 11) is 0. The highest BCUT2D eigenvalue weighted by Crippen LogP contribution is 2.19. The van der Waals surface area contributed by atoms with Crippen LogP contribution in [0.15, 0.2) is 72.8 Å². The summed E-state index contributed by atoms with van der Waals surface area (Å²) in [6, 6.07) is 22.4. The maximum Gasteiger partial charge on any atom is 0.124 e. The Morgan fingerprint density at radius 2 is 1.71 bits per heavy atom. The largest absolute Gasteiger partial charge is 0.489 e. The van der Waals surface area contributed by atoms with Crippen LogP contribution < -0.4 is 10.1 Å². The van der Waals surface area contributed by atoms with E-state index in [2.05, 4.69) is 15.3 Å². The zero-order chi connectivity index (χ0) is 19.2. The van der Waals surface area contributed by atoms with Crippen LogP contribution in [0.1, 0.15) is 17.0 Å². The molecule has 3 aromatic carbocycles. The van der Waals surface area contributed by atoms with Gasteiger partial charge in [-0.3, -0.25) is 0 Å². The third-order valence-electron chi connectivity index (χ3n) is 4.57. The van der Waals surface area contributed by atoms with Gasteiger partial charge in [-0.1, -0.05) is 42.5 Å². The molecular weight excluding hydrogens is 353 g/mol. The Bertz CT molecular complexity index is 1010. The zero-order valence-electron chi connectivity index (χ0n) is 15.5. The van der Waals surface area contributed by atoms with Crippen molar-refractivity contribution in [3.8, 4) is 5.75 Å². The predicted molar refractivity (Wildman–Crippen MR) is 109 cm³/mol. The molecule has 0 unspecified atom stereocenters. The maximum atomic E-state index is 13.0. The topological polar surface area (TPSA) is 49.9 Å². The fourth-order valence-corrected chi connectivity index (χ4v) is 3.09. The lowest BCUT2D eigenvalue weighted by Crippen LogP contribution is -2.17. The molecule has 0 fully saturated rings. The van der Waals surface area contributed by atoms with Crippen molar-refractivity contribution >= 4 is 11.0 Å². The van der Waals surface area contributed by atoms with Crippen molar-refractivity contribution in [2.75, 3.05) is 6.54 Å². The maximum absolute atomic E-state index is 13.0. The molecule has 4 nitrogen and oxygen atoms in total. The average molecular weight is 375 g/mol. The number of aromatic nitrogens is 2. The number of benzene rings is 3. The van der Waals surface area contributed by atoms with Crippen molar-refractivity contribution in [2.24, 2.45) is 0 Å². The van der Waals surface area contributed by atoms with Crippen LogP contribution in [-0.4, -0.2) is 16.5 Å². The van der Waals surface area contributed by atoms with Crippen molar-refractivity contribution in [2.45, 2.75) is 19.6 Å². The number of ether oxygens (including phenoxy) is 1. The first-order valence-electron chi connectivity index (χ1n) is 9.37. The minimum absolute atomic E-state index is 0.238. The number of hydrogen-bond donors (Lipinski definition) is 2. The van der Waals surface area contributed by atoms with E-state index in [1.807, 2.05) is 48.5 Å². The smallest absolute Gasteiger partial charge is 0.124 e. The number of rotatable bonds is 8. The number of halogens is 1. The highest BCUT2D eigenvalue weighted by Gasteiger charge is 2.05. The van der Waals surface area contributed by atoms with Gasteiger partial charge in [0, 0.05) is 25.1 Å². The van der Waals surface area contributed by atoms with Gasteiger partial charge >= 0.3 is 0 Å². The molecule has 4 rings (SSSR count). The minimum Gasteiger partial charge on any atom is -0.489 e. The SMILES string of the molecule is Fc1ccc(COc2ccccc2CNCCc2nc3ccccc3[nH]2)cc1. The highest BCUT2D eigenvalue weighted by molar-refractivity contribution is 5.74. The molecule has 0 spiro atoms. The molecule has 5 heteroatoms. The Kier molecular flexibility index (Phi) is 5.64. The standard InChI is InChI=1S/C23H22FN3O/c24-19-11-9-17(10-12-19)16-28-22-8-4-1-5-18(22)15-25-14-13-23-26-20-6-2-3-7-21(20)27-23/h1-12,25H,13-16H2,(H,26,27). The van der Waals surface area contributed by atoms with Crippen LogP contribution in [0.25, 0.3) is 11.0 Å². The van der Waals surface area contributed by atoms with E-state index < -0.39 is 0 Å². The van der Waals surface area contributed by atoms with Crippen LogP contribution in [-0.2, 0) is 19.6 Å².